The molecule has 0 aromatic carbocycles. The van der Waals surface area contributed by atoms with Crippen molar-refractivity contribution < 1.29 is 9.90 Å². The number of carbonyl (C=O) groups is 1. The summed E-state index contributed by atoms with van der Waals surface area (Å²) >= 11 is 0. The Balaban J connectivity index is 1.59. The van der Waals surface area contributed by atoms with Crippen molar-refractivity contribution in [2.75, 3.05) is 0 Å². The van der Waals surface area contributed by atoms with Gasteiger partial charge in [0.2, 0.25) is 0 Å². The standard InChI is InChI=1S/C23H36O2/c1-15(10-13-24)19-6-7-20-18-5-4-16-14-17(25)8-11-22(16,2)21(18)9-12-23(19,20)3/h10,13,15-16,18-21,24H,4-9,11-12,14H2,1-3H3/t15?,16?,18-,19?,20-,21+,22-,23+/m0/s1. The zero-order chi connectivity index (χ0) is 17.8. The van der Waals surface area contributed by atoms with Gasteiger partial charge in [0.1, 0.15) is 5.78 Å². The van der Waals surface area contributed by atoms with Gasteiger partial charge in [-0.15, -0.1) is 0 Å². The van der Waals surface area contributed by atoms with E-state index in [1.165, 1.54) is 44.8 Å². The summed E-state index contributed by atoms with van der Waals surface area (Å²) in [5.41, 5.74) is 0.876. The number of carbonyl (C=O) groups excluding carboxylic acids is 1. The maximum absolute atomic E-state index is 12.0. The van der Waals surface area contributed by atoms with E-state index in [0.717, 1.165) is 42.9 Å². The van der Waals surface area contributed by atoms with Crippen LogP contribution >= 0.6 is 0 Å². The Morgan fingerprint density at radius 2 is 1.80 bits per heavy atom. The molecule has 3 unspecified atom stereocenters. The monoisotopic (exact) mass is 344 g/mol. The van der Waals surface area contributed by atoms with E-state index in [1.54, 1.807) is 0 Å². The van der Waals surface area contributed by atoms with Crippen molar-refractivity contribution in [3.05, 3.63) is 12.3 Å². The first-order valence-electron chi connectivity index (χ1n) is 10.7. The molecule has 0 heterocycles. The van der Waals surface area contributed by atoms with Crippen LogP contribution in [-0.4, -0.2) is 10.9 Å². The number of Topliss-reactive ketones (excluding diaryl/α,β-unsaturated/α-hetero) is 1. The third kappa shape index (κ3) is 2.53. The van der Waals surface area contributed by atoms with Gasteiger partial charge < -0.3 is 5.11 Å². The zero-order valence-electron chi connectivity index (χ0n) is 16.3. The third-order valence-corrected chi connectivity index (χ3v) is 9.58. The summed E-state index contributed by atoms with van der Waals surface area (Å²) in [7, 11) is 0. The van der Waals surface area contributed by atoms with Gasteiger partial charge in [-0.05, 0) is 97.4 Å². The van der Waals surface area contributed by atoms with Crippen LogP contribution in [0.25, 0.3) is 0 Å². The minimum absolute atomic E-state index is 0.423. The normalized spacial score (nSPS) is 51.0. The van der Waals surface area contributed by atoms with Gasteiger partial charge in [0.05, 0.1) is 6.26 Å². The molecule has 0 saturated heterocycles. The van der Waals surface area contributed by atoms with E-state index in [0.29, 0.717) is 28.4 Å². The average molecular weight is 345 g/mol. The minimum Gasteiger partial charge on any atom is -0.516 e. The van der Waals surface area contributed by atoms with E-state index in [9.17, 15) is 9.90 Å². The van der Waals surface area contributed by atoms with Gasteiger partial charge >= 0.3 is 0 Å². The molecular weight excluding hydrogens is 308 g/mol. The van der Waals surface area contributed by atoms with Crippen LogP contribution in [0.15, 0.2) is 12.3 Å². The van der Waals surface area contributed by atoms with Crippen LogP contribution < -0.4 is 0 Å². The number of aliphatic hydroxyl groups is 1. The van der Waals surface area contributed by atoms with Crippen molar-refractivity contribution in [3.8, 4) is 0 Å². The molecule has 0 bridgehead atoms. The van der Waals surface area contributed by atoms with Crippen LogP contribution in [0.1, 0.15) is 78.6 Å². The second-order valence-corrected chi connectivity index (χ2v) is 10.3. The Morgan fingerprint density at radius 3 is 2.56 bits per heavy atom. The van der Waals surface area contributed by atoms with Gasteiger partial charge in [0.15, 0.2) is 0 Å². The van der Waals surface area contributed by atoms with Crippen molar-refractivity contribution in [2.45, 2.75) is 78.6 Å². The van der Waals surface area contributed by atoms with Gasteiger partial charge in [-0.2, -0.15) is 0 Å². The smallest absolute Gasteiger partial charge is 0.133 e. The lowest BCUT2D eigenvalue weighted by atomic mass is 9.44. The first-order valence-corrected chi connectivity index (χ1v) is 10.7. The highest BCUT2D eigenvalue weighted by atomic mass is 16.2. The van der Waals surface area contributed by atoms with Gasteiger partial charge in [0, 0.05) is 12.8 Å². The molecular formula is C23H36O2. The average Bonchev–Trinajstić information content (AvgIpc) is 2.93. The minimum atomic E-state index is 0.423. The predicted molar refractivity (Wildman–Crippen MR) is 101 cm³/mol. The Bertz CT molecular complexity index is 566. The van der Waals surface area contributed by atoms with Crippen molar-refractivity contribution >= 4 is 5.78 Å². The molecule has 25 heavy (non-hydrogen) atoms. The molecule has 0 aromatic heterocycles. The van der Waals surface area contributed by atoms with Gasteiger partial charge in [0.25, 0.3) is 0 Å². The quantitative estimate of drug-likeness (QED) is 0.631. The summed E-state index contributed by atoms with van der Waals surface area (Å²) in [4.78, 5) is 12.0. The summed E-state index contributed by atoms with van der Waals surface area (Å²) in [5, 5.41) is 9.24. The number of aliphatic hydroxyl groups excluding tert-OH is 1. The maximum Gasteiger partial charge on any atom is 0.133 e. The number of rotatable bonds is 2. The summed E-state index contributed by atoms with van der Waals surface area (Å²) in [5.74, 6) is 4.97. The Labute approximate surface area is 153 Å². The molecule has 0 spiro atoms. The van der Waals surface area contributed by atoms with E-state index < -0.39 is 0 Å². The fraction of sp³-hybridized carbons (Fsp3) is 0.870. The molecule has 0 amide bonds. The molecule has 4 rings (SSSR count). The zero-order valence-corrected chi connectivity index (χ0v) is 16.3. The molecule has 0 radical (unpaired) electrons. The van der Waals surface area contributed by atoms with E-state index in [4.69, 9.17) is 0 Å². The van der Waals surface area contributed by atoms with Gasteiger partial charge in [-0.1, -0.05) is 20.8 Å². The SMILES string of the molecule is CC(C=CO)C1CC[C@H]2[C@@H]3CCC4CC(=O)CC[C@]4(C)[C@@H]3CC[C@]12C. The number of fused-ring (bicyclic) bond motifs is 5. The Morgan fingerprint density at radius 1 is 1.04 bits per heavy atom. The lowest BCUT2D eigenvalue weighted by molar-refractivity contribution is -0.140. The van der Waals surface area contributed by atoms with Crippen LogP contribution in [-0.2, 0) is 4.79 Å². The molecule has 0 aliphatic heterocycles. The first kappa shape index (κ1) is 17.6. The molecule has 8 atom stereocenters. The second kappa shape index (κ2) is 6.13. The third-order valence-electron chi connectivity index (χ3n) is 9.58. The molecule has 4 aliphatic carbocycles. The van der Waals surface area contributed by atoms with Crippen LogP contribution in [0.5, 0.6) is 0 Å². The fourth-order valence-electron chi connectivity index (χ4n) is 8.22. The Kier molecular flexibility index (Phi) is 4.32. The summed E-state index contributed by atoms with van der Waals surface area (Å²) < 4.78 is 0. The van der Waals surface area contributed by atoms with Crippen molar-refractivity contribution in [1.82, 2.24) is 0 Å². The van der Waals surface area contributed by atoms with E-state index in [-0.39, 0.29) is 0 Å². The van der Waals surface area contributed by atoms with Crippen molar-refractivity contribution in [1.29, 1.82) is 0 Å². The molecule has 2 nitrogen and oxygen atoms in total. The van der Waals surface area contributed by atoms with E-state index in [2.05, 4.69) is 20.8 Å². The molecule has 4 fully saturated rings. The fourth-order valence-corrected chi connectivity index (χ4v) is 8.22. The number of ketones is 1. The number of hydrogen-bond donors (Lipinski definition) is 1. The lowest BCUT2D eigenvalue weighted by Gasteiger charge is -2.60. The van der Waals surface area contributed by atoms with Gasteiger partial charge in [-0.25, -0.2) is 0 Å². The summed E-state index contributed by atoms with van der Waals surface area (Å²) in [6, 6.07) is 0. The predicted octanol–water partition coefficient (Wildman–Crippen LogP) is 5.92. The molecule has 4 aliphatic rings. The highest BCUT2D eigenvalue weighted by Gasteiger charge is 2.60. The first-order chi connectivity index (χ1) is 11.9. The van der Waals surface area contributed by atoms with Crippen LogP contribution in [0, 0.1) is 46.3 Å². The summed E-state index contributed by atoms with van der Waals surface area (Å²) in [6.45, 7) is 7.39. The van der Waals surface area contributed by atoms with Crippen molar-refractivity contribution in [3.63, 3.8) is 0 Å². The second-order valence-electron chi connectivity index (χ2n) is 10.3. The van der Waals surface area contributed by atoms with Crippen LogP contribution in [0.2, 0.25) is 0 Å². The molecule has 140 valence electrons. The highest BCUT2D eigenvalue weighted by molar-refractivity contribution is 5.79. The lowest BCUT2D eigenvalue weighted by Crippen LogP contribution is -2.53. The molecule has 1 N–H and O–H groups in total. The molecule has 0 aromatic rings. The highest BCUT2D eigenvalue weighted by Crippen LogP contribution is 2.68. The van der Waals surface area contributed by atoms with Crippen LogP contribution in [0.3, 0.4) is 0 Å². The van der Waals surface area contributed by atoms with Crippen molar-refractivity contribution in [2.24, 2.45) is 46.3 Å². The maximum atomic E-state index is 12.0. The Hall–Kier alpha value is -0.790. The molecule has 4 saturated carbocycles. The van der Waals surface area contributed by atoms with Crippen LogP contribution in [0.4, 0.5) is 0 Å². The number of hydrogen-bond acceptors (Lipinski definition) is 2. The summed E-state index contributed by atoms with van der Waals surface area (Å²) in [6.07, 6.45) is 14.2. The van der Waals surface area contributed by atoms with Gasteiger partial charge in [-0.3, -0.25) is 4.79 Å². The largest absolute Gasteiger partial charge is 0.516 e. The topological polar surface area (TPSA) is 37.3 Å². The molecule has 2 heteroatoms. The van der Waals surface area contributed by atoms with E-state index in [1.807, 2.05) is 6.08 Å². The number of allylic oxidation sites excluding steroid dienone is 1. The van der Waals surface area contributed by atoms with E-state index >= 15 is 0 Å².